The molecule has 4 nitrogen and oxygen atoms in total. The summed E-state index contributed by atoms with van der Waals surface area (Å²) in [6, 6.07) is 7.80. The monoisotopic (exact) mass is 293 g/mol. The molecule has 108 valence electrons. The number of amides is 1. The van der Waals surface area contributed by atoms with Crippen LogP contribution in [0.3, 0.4) is 0 Å². The number of nitrogens with zero attached hydrogens (tertiary/aromatic N) is 3. The van der Waals surface area contributed by atoms with Gasteiger partial charge >= 0.3 is 0 Å². The quantitative estimate of drug-likeness (QED) is 0.794. The van der Waals surface area contributed by atoms with E-state index in [1.165, 1.54) is 0 Å². The molecule has 0 aliphatic rings. The molecule has 1 aromatic heterocycles. The number of alkyl halides is 1. The van der Waals surface area contributed by atoms with Crippen molar-refractivity contribution in [1.29, 1.82) is 0 Å². The highest BCUT2D eigenvalue weighted by Crippen LogP contribution is 2.24. The Balaban J connectivity index is 2.41. The number of benzene rings is 1. The predicted molar refractivity (Wildman–Crippen MR) is 81.9 cm³/mol. The van der Waals surface area contributed by atoms with Crippen molar-refractivity contribution in [1.82, 2.24) is 14.5 Å². The number of hydrogen-bond donors (Lipinski definition) is 0. The lowest BCUT2D eigenvalue weighted by molar-refractivity contribution is -0.131. The van der Waals surface area contributed by atoms with Gasteiger partial charge in [-0.2, -0.15) is 0 Å². The summed E-state index contributed by atoms with van der Waals surface area (Å²) in [5, 5.41) is -0.230. The lowest BCUT2D eigenvalue weighted by atomic mass is 10.3. The number of carbonyl (C=O) groups is 1. The van der Waals surface area contributed by atoms with E-state index in [2.05, 4.69) is 4.98 Å². The minimum absolute atomic E-state index is 0.0942. The van der Waals surface area contributed by atoms with Crippen LogP contribution in [0, 0.1) is 0 Å². The van der Waals surface area contributed by atoms with E-state index >= 15 is 0 Å². The molecule has 0 radical (unpaired) electrons. The average molecular weight is 294 g/mol. The molecule has 0 spiro atoms. The molecule has 0 aliphatic carbocycles. The van der Waals surface area contributed by atoms with Gasteiger partial charge in [-0.25, -0.2) is 4.98 Å². The van der Waals surface area contributed by atoms with Gasteiger partial charge in [0, 0.05) is 13.1 Å². The Labute approximate surface area is 124 Å². The van der Waals surface area contributed by atoms with E-state index in [-0.39, 0.29) is 17.8 Å². The predicted octanol–water partition coefficient (Wildman–Crippen LogP) is 3.20. The molecule has 0 N–H and O–H groups in total. The van der Waals surface area contributed by atoms with Gasteiger partial charge in [0.2, 0.25) is 5.91 Å². The van der Waals surface area contributed by atoms with Crippen LogP contribution in [-0.4, -0.2) is 33.4 Å². The van der Waals surface area contributed by atoms with E-state index in [9.17, 15) is 4.79 Å². The molecule has 1 aromatic carbocycles. The van der Waals surface area contributed by atoms with Crippen molar-refractivity contribution >= 4 is 28.5 Å². The summed E-state index contributed by atoms with van der Waals surface area (Å²) < 4.78 is 1.92. The number of carbonyl (C=O) groups excluding carboxylic acids is 1. The maximum Gasteiger partial charge on any atom is 0.242 e. The lowest BCUT2D eigenvalue weighted by Crippen LogP contribution is -2.33. The number of rotatable bonds is 5. The van der Waals surface area contributed by atoms with Gasteiger partial charge < -0.3 is 9.47 Å². The van der Waals surface area contributed by atoms with Crippen molar-refractivity contribution in [2.75, 3.05) is 13.1 Å². The number of fused-ring (bicyclic) bond motifs is 1. The molecule has 2 rings (SSSR count). The van der Waals surface area contributed by atoms with E-state index in [1.54, 1.807) is 0 Å². The van der Waals surface area contributed by atoms with Crippen molar-refractivity contribution < 1.29 is 4.79 Å². The van der Waals surface area contributed by atoms with Gasteiger partial charge in [0.1, 0.15) is 12.4 Å². The molecular formula is C15H20ClN3O. The standard InChI is InChI=1S/C15H20ClN3O/c1-4-18(5-2)14(20)10-19-13-9-7-6-8-12(13)17-15(19)11(3)16/h6-9,11H,4-5,10H2,1-3H3. The van der Waals surface area contributed by atoms with Gasteiger partial charge in [0.15, 0.2) is 0 Å². The molecule has 20 heavy (non-hydrogen) atoms. The molecule has 1 unspecified atom stereocenters. The number of para-hydroxylation sites is 2. The fraction of sp³-hybridized carbons (Fsp3) is 0.467. The highest BCUT2D eigenvalue weighted by atomic mass is 35.5. The van der Waals surface area contributed by atoms with E-state index in [0.29, 0.717) is 13.1 Å². The second-order valence-electron chi connectivity index (χ2n) is 4.73. The maximum absolute atomic E-state index is 12.3. The first kappa shape index (κ1) is 14.9. The fourth-order valence-corrected chi connectivity index (χ4v) is 2.54. The Morgan fingerprint density at radius 2 is 2.00 bits per heavy atom. The minimum atomic E-state index is -0.230. The van der Waals surface area contributed by atoms with E-state index in [1.807, 2.05) is 54.5 Å². The third-order valence-electron chi connectivity index (χ3n) is 3.45. The molecule has 0 saturated carbocycles. The number of aromatic nitrogens is 2. The minimum Gasteiger partial charge on any atom is -0.342 e. The van der Waals surface area contributed by atoms with Crippen LogP contribution in [0.4, 0.5) is 0 Å². The van der Waals surface area contributed by atoms with Crippen LogP contribution in [0.25, 0.3) is 11.0 Å². The molecule has 0 fully saturated rings. The molecule has 1 amide bonds. The summed E-state index contributed by atoms with van der Waals surface area (Å²) in [6.45, 7) is 7.56. The molecule has 1 atom stereocenters. The Morgan fingerprint density at radius 3 is 2.60 bits per heavy atom. The fourth-order valence-electron chi connectivity index (χ4n) is 2.38. The first-order valence-electron chi connectivity index (χ1n) is 6.95. The number of imidazole rings is 1. The first-order valence-corrected chi connectivity index (χ1v) is 7.39. The molecule has 1 heterocycles. The Morgan fingerprint density at radius 1 is 1.35 bits per heavy atom. The van der Waals surface area contributed by atoms with Crippen molar-refractivity contribution in [2.24, 2.45) is 0 Å². The summed E-state index contributed by atoms with van der Waals surface area (Å²) in [5.41, 5.74) is 1.83. The van der Waals surface area contributed by atoms with Crippen LogP contribution >= 0.6 is 11.6 Å². The topological polar surface area (TPSA) is 38.1 Å². The zero-order chi connectivity index (χ0) is 14.7. The van der Waals surface area contributed by atoms with Crippen molar-refractivity contribution in [3.05, 3.63) is 30.1 Å². The van der Waals surface area contributed by atoms with Gasteiger partial charge in [-0.3, -0.25) is 4.79 Å². The summed E-state index contributed by atoms with van der Waals surface area (Å²) in [4.78, 5) is 18.7. The van der Waals surface area contributed by atoms with Crippen LogP contribution in [-0.2, 0) is 11.3 Å². The zero-order valence-corrected chi connectivity index (χ0v) is 12.9. The number of halogens is 1. The summed E-state index contributed by atoms with van der Waals surface area (Å²) in [5.74, 6) is 0.838. The van der Waals surface area contributed by atoms with Crippen LogP contribution in [0.1, 0.15) is 32.0 Å². The van der Waals surface area contributed by atoms with E-state index in [4.69, 9.17) is 11.6 Å². The van der Waals surface area contributed by atoms with Crippen molar-refractivity contribution in [3.8, 4) is 0 Å². The molecule has 0 aliphatic heterocycles. The second-order valence-corrected chi connectivity index (χ2v) is 5.38. The van der Waals surface area contributed by atoms with Crippen molar-refractivity contribution in [2.45, 2.75) is 32.7 Å². The highest BCUT2D eigenvalue weighted by molar-refractivity contribution is 6.20. The third kappa shape index (κ3) is 2.80. The van der Waals surface area contributed by atoms with Gasteiger partial charge in [0.05, 0.1) is 16.4 Å². The molecular weight excluding hydrogens is 274 g/mol. The van der Waals surface area contributed by atoms with Crippen LogP contribution in [0.15, 0.2) is 24.3 Å². The van der Waals surface area contributed by atoms with Gasteiger partial charge in [0.25, 0.3) is 0 Å². The zero-order valence-electron chi connectivity index (χ0n) is 12.1. The Kier molecular flexibility index (Phi) is 4.65. The number of hydrogen-bond acceptors (Lipinski definition) is 2. The SMILES string of the molecule is CCN(CC)C(=O)Cn1c(C(C)Cl)nc2ccccc21. The summed E-state index contributed by atoms with van der Waals surface area (Å²) >= 11 is 6.20. The largest absolute Gasteiger partial charge is 0.342 e. The Hall–Kier alpha value is -1.55. The lowest BCUT2D eigenvalue weighted by Gasteiger charge is -2.20. The Bertz CT molecular complexity index is 602. The number of likely N-dealkylation sites (N-methyl/N-ethyl adjacent to an activating group) is 1. The first-order chi connectivity index (χ1) is 9.58. The van der Waals surface area contributed by atoms with Gasteiger partial charge in [-0.05, 0) is 32.9 Å². The van der Waals surface area contributed by atoms with Crippen molar-refractivity contribution in [3.63, 3.8) is 0 Å². The van der Waals surface area contributed by atoms with Gasteiger partial charge in [-0.1, -0.05) is 12.1 Å². The maximum atomic E-state index is 12.3. The van der Waals surface area contributed by atoms with Crippen LogP contribution in [0.2, 0.25) is 0 Å². The molecule has 0 bridgehead atoms. The molecule has 0 saturated heterocycles. The summed E-state index contributed by atoms with van der Waals surface area (Å²) in [7, 11) is 0. The third-order valence-corrected chi connectivity index (χ3v) is 3.64. The molecule has 2 aromatic rings. The normalized spacial score (nSPS) is 12.6. The van der Waals surface area contributed by atoms with Crippen LogP contribution < -0.4 is 0 Å². The highest BCUT2D eigenvalue weighted by Gasteiger charge is 2.18. The van der Waals surface area contributed by atoms with Crippen LogP contribution in [0.5, 0.6) is 0 Å². The van der Waals surface area contributed by atoms with E-state index < -0.39 is 0 Å². The smallest absolute Gasteiger partial charge is 0.242 e. The summed E-state index contributed by atoms with van der Waals surface area (Å²) in [6.07, 6.45) is 0. The molecule has 5 heteroatoms. The van der Waals surface area contributed by atoms with E-state index in [0.717, 1.165) is 16.9 Å². The second kappa shape index (κ2) is 6.27. The average Bonchev–Trinajstić information content (AvgIpc) is 2.79. The van der Waals surface area contributed by atoms with Gasteiger partial charge in [-0.15, -0.1) is 11.6 Å².